The first-order chi connectivity index (χ1) is 15.4. The van der Waals surface area contributed by atoms with Crippen LogP contribution in [0.3, 0.4) is 0 Å². The van der Waals surface area contributed by atoms with E-state index in [0.29, 0.717) is 22.9 Å². The maximum Gasteiger partial charge on any atom is 0.258 e. The molecular weight excluding hydrogens is 412 g/mol. The van der Waals surface area contributed by atoms with Crippen LogP contribution in [0.15, 0.2) is 55.0 Å². The number of aromatic nitrogens is 3. The fourth-order valence-electron chi connectivity index (χ4n) is 4.29. The SMILES string of the molecule is CC(C)c1ncc(C(=O)Nc2c(-c3ccccc3)ccnc2N2CC3C(C2)C3(F)F)cn1. The number of amides is 1. The summed E-state index contributed by atoms with van der Waals surface area (Å²) in [5, 5.41) is 2.96. The minimum Gasteiger partial charge on any atom is -0.354 e. The highest BCUT2D eigenvalue weighted by atomic mass is 19.3. The van der Waals surface area contributed by atoms with Crippen LogP contribution < -0.4 is 10.2 Å². The van der Waals surface area contributed by atoms with Gasteiger partial charge in [-0.25, -0.2) is 23.7 Å². The van der Waals surface area contributed by atoms with Crippen LogP contribution in [0.2, 0.25) is 0 Å². The maximum absolute atomic E-state index is 13.8. The molecule has 164 valence electrons. The number of hydrogen-bond acceptors (Lipinski definition) is 5. The number of alkyl halides is 2. The Hall–Kier alpha value is -3.42. The van der Waals surface area contributed by atoms with E-state index in [4.69, 9.17) is 0 Å². The number of rotatable bonds is 5. The van der Waals surface area contributed by atoms with E-state index in [-0.39, 0.29) is 24.9 Å². The third-order valence-electron chi connectivity index (χ3n) is 6.20. The molecule has 1 N–H and O–H groups in total. The molecule has 1 aliphatic heterocycles. The molecule has 3 aromatic rings. The zero-order valence-electron chi connectivity index (χ0n) is 17.8. The molecule has 0 radical (unpaired) electrons. The molecule has 0 bridgehead atoms. The topological polar surface area (TPSA) is 71.0 Å². The molecule has 2 aliphatic rings. The number of nitrogens with zero attached hydrogens (tertiary/aromatic N) is 4. The first-order valence-corrected chi connectivity index (χ1v) is 10.7. The van der Waals surface area contributed by atoms with E-state index >= 15 is 0 Å². The Kier molecular flexibility index (Phi) is 4.87. The number of halogens is 2. The molecule has 32 heavy (non-hydrogen) atoms. The number of fused-ring (bicyclic) bond motifs is 1. The predicted molar refractivity (Wildman–Crippen MR) is 118 cm³/mol. The van der Waals surface area contributed by atoms with Crippen LogP contribution in [0.25, 0.3) is 11.1 Å². The third kappa shape index (κ3) is 3.49. The summed E-state index contributed by atoms with van der Waals surface area (Å²) < 4.78 is 27.5. The van der Waals surface area contributed by atoms with E-state index in [1.54, 1.807) is 6.20 Å². The molecule has 2 fully saturated rings. The number of piperidine rings is 1. The highest BCUT2D eigenvalue weighted by Gasteiger charge is 2.71. The van der Waals surface area contributed by atoms with E-state index in [2.05, 4.69) is 20.3 Å². The number of carbonyl (C=O) groups is 1. The average molecular weight is 435 g/mol. The summed E-state index contributed by atoms with van der Waals surface area (Å²) in [7, 11) is 0. The van der Waals surface area contributed by atoms with Gasteiger partial charge in [-0.05, 0) is 11.6 Å². The van der Waals surface area contributed by atoms with Crippen LogP contribution in [-0.4, -0.2) is 39.9 Å². The van der Waals surface area contributed by atoms with Gasteiger partial charge in [-0.3, -0.25) is 4.79 Å². The van der Waals surface area contributed by atoms with Crippen molar-refractivity contribution in [1.29, 1.82) is 0 Å². The van der Waals surface area contributed by atoms with Gasteiger partial charge in [-0.2, -0.15) is 0 Å². The molecule has 3 heterocycles. The Morgan fingerprint density at radius 3 is 2.34 bits per heavy atom. The van der Waals surface area contributed by atoms with Crippen molar-refractivity contribution in [2.75, 3.05) is 23.3 Å². The van der Waals surface area contributed by atoms with Crippen LogP contribution in [0.4, 0.5) is 20.3 Å². The molecule has 1 saturated carbocycles. The summed E-state index contributed by atoms with van der Waals surface area (Å²) in [6.45, 7) is 4.40. The van der Waals surface area contributed by atoms with Crippen LogP contribution in [0.5, 0.6) is 0 Å². The molecule has 1 aliphatic carbocycles. The Bertz CT molecular complexity index is 1140. The number of carbonyl (C=O) groups excluding carboxylic acids is 1. The summed E-state index contributed by atoms with van der Waals surface area (Å²) in [6, 6.07) is 11.4. The lowest BCUT2D eigenvalue weighted by Gasteiger charge is -2.25. The standard InChI is InChI=1S/C24H23F2N5O/c1-14(2)21-28-10-16(11-29-21)23(32)30-20-17(15-6-4-3-5-7-15)8-9-27-22(20)31-12-18-19(13-31)24(18,25)26/h3-11,14,18-19H,12-13H2,1-2H3,(H,30,32). The number of hydrogen-bond donors (Lipinski definition) is 1. The summed E-state index contributed by atoms with van der Waals surface area (Å²) in [4.78, 5) is 27.9. The van der Waals surface area contributed by atoms with E-state index in [1.165, 1.54) is 12.4 Å². The Morgan fingerprint density at radius 1 is 1.06 bits per heavy atom. The van der Waals surface area contributed by atoms with Crippen LogP contribution in [-0.2, 0) is 0 Å². The van der Waals surface area contributed by atoms with Gasteiger partial charge in [0.2, 0.25) is 0 Å². The lowest BCUT2D eigenvalue weighted by atomic mass is 10.0. The first-order valence-electron chi connectivity index (χ1n) is 10.7. The summed E-state index contributed by atoms with van der Waals surface area (Å²) in [5.41, 5.74) is 2.49. The van der Waals surface area contributed by atoms with Gasteiger partial charge in [0.05, 0.1) is 23.1 Å². The highest BCUT2D eigenvalue weighted by molar-refractivity contribution is 6.08. The highest BCUT2D eigenvalue weighted by Crippen LogP contribution is 2.60. The summed E-state index contributed by atoms with van der Waals surface area (Å²) >= 11 is 0. The molecule has 1 amide bonds. The normalized spacial score (nSPS) is 20.8. The van der Waals surface area contributed by atoms with Crippen LogP contribution >= 0.6 is 0 Å². The molecule has 2 aromatic heterocycles. The van der Waals surface area contributed by atoms with Crippen molar-refractivity contribution in [2.45, 2.75) is 25.7 Å². The first kappa shape index (κ1) is 20.5. The Morgan fingerprint density at radius 2 is 1.72 bits per heavy atom. The van der Waals surface area contributed by atoms with E-state index in [9.17, 15) is 13.6 Å². The fraction of sp³-hybridized carbons (Fsp3) is 0.333. The second-order valence-electron chi connectivity index (χ2n) is 8.65. The largest absolute Gasteiger partial charge is 0.354 e. The Labute approximate surface area is 184 Å². The van der Waals surface area contributed by atoms with Gasteiger partial charge >= 0.3 is 0 Å². The number of nitrogens with one attached hydrogen (secondary N) is 1. The molecule has 1 saturated heterocycles. The predicted octanol–water partition coefficient (Wildman–Crippen LogP) is 4.62. The third-order valence-corrected chi connectivity index (χ3v) is 6.20. The van der Waals surface area contributed by atoms with Crippen LogP contribution in [0, 0.1) is 11.8 Å². The Balaban J connectivity index is 1.49. The molecule has 6 nitrogen and oxygen atoms in total. The molecule has 5 rings (SSSR count). The number of benzene rings is 1. The minimum atomic E-state index is -2.59. The van der Waals surface area contributed by atoms with Gasteiger partial charge in [-0.15, -0.1) is 0 Å². The van der Waals surface area contributed by atoms with E-state index < -0.39 is 17.8 Å². The molecule has 2 atom stereocenters. The van der Waals surface area contributed by atoms with E-state index in [1.807, 2.05) is 55.1 Å². The van der Waals surface area contributed by atoms with Gasteiger partial charge in [0, 0.05) is 43.2 Å². The molecule has 0 spiro atoms. The molecule has 8 heteroatoms. The van der Waals surface area contributed by atoms with Crippen LogP contribution in [0.1, 0.15) is 35.9 Å². The zero-order valence-corrected chi connectivity index (χ0v) is 17.8. The van der Waals surface area contributed by atoms with Crippen molar-refractivity contribution >= 4 is 17.4 Å². The molecule has 2 unspecified atom stereocenters. The van der Waals surface area contributed by atoms with Gasteiger partial charge in [0.1, 0.15) is 5.82 Å². The minimum absolute atomic E-state index is 0.154. The number of pyridine rings is 1. The second-order valence-corrected chi connectivity index (χ2v) is 8.65. The second kappa shape index (κ2) is 7.62. The quantitative estimate of drug-likeness (QED) is 0.634. The average Bonchev–Trinajstić information content (AvgIpc) is 3.13. The van der Waals surface area contributed by atoms with Crippen molar-refractivity contribution in [3.63, 3.8) is 0 Å². The molecular formula is C24H23F2N5O. The number of anilines is 2. The van der Waals surface area contributed by atoms with Crippen molar-refractivity contribution in [3.8, 4) is 11.1 Å². The zero-order chi connectivity index (χ0) is 22.5. The van der Waals surface area contributed by atoms with Crippen molar-refractivity contribution < 1.29 is 13.6 Å². The van der Waals surface area contributed by atoms with Crippen molar-refractivity contribution in [3.05, 3.63) is 66.4 Å². The lowest BCUT2D eigenvalue weighted by Crippen LogP contribution is -2.29. The smallest absolute Gasteiger partial charge is 0.258 e. The maximum atomic E-state index is 13.8. The van der Waals surface area contributed by atoms with Crippen molar-refractivity contribution in [1.82, 2.24) is 15.0 Å². The van der Waals surface area contributed by atoms with Gasteiger partial charge in [0.15, 0.2) is 5.82 Å². The van der Waals surface area contributed by atoms with Gasteiger partial charge in [-0.1, -0.05) is 44.2 Å². The lowest BCUT2D eigenvalue weighted by molar-refractivity contribution is 0.0796. The molecule has 1 aromatic carbocycles. The van der Waals surface area contributed by atoms with E-state index in [0.717, 1.165) is 11.1 Å². The summed E-state index contributed by atoms with van der Waals surface area (Å²) in [6.07, 6.45) is 4.65. The fourth-order valence-corrected chi connectivity index (χ4v) is 4.29. The van der Waals surface area contributed by atoms with Gasteiger partial charge in [0.25, 0.3) is 11.8 Å². The summed E-state index contributed by atoms with van der Waals surface area (Å²) in [5.74, 6) is -2.95. The van der Waals surface area contributed by atoms with Gasteiger partial charge < -0.3 is 10.2 Å². The monoisotopic (exact) mass is 435 g/mol. The van der Waals surface area contributed by atoms with Crippen molar-refractivity contribution in [2.24, 2.45) is 11.8 Å².